The van der Waals surface area contributed by atoms with Crippen LogP contribution in [-0.4, -0.2) is 23.9 Å². The molecule has 154 valence electrons. The molecular formula is C20H21NO5S3. The molecule has 0 aliphatic heterocycles. The molecule has 0 saturated carbocycles. The van der Waals surface area contributed by atoms with Crippen LogP contribution in [-0.2, 0) is 19.9 Å². The highest BCUT2D eigenvalue weighted by Crippen LogP contribution is 2.35. The molecule has 3 aromatic rings. The molecule has 0 amide bonds. The number of nitrogens with one attached hydrogen (secondary N) is 1. The van der Waals surface area contributed by atoms with Crippen molar-refractivity contribution in [3.63, 3.8) is 0 Å². The van der Waals surface area contributed by atoms with Crippen LogP contribution in [0.15, 0.2) is 61.8 Å². The second-order valence-corrected chi connectivity index (χ2v) is 10.8. The van der Waals surface area contributed by atoms with E-state index in [1.165, 1.54) is 30.0 Å². The molecule has 0 radical (unpaired) electrons. The molecule has 0 unspecified atom stereocenters. The highest BCUT2D eigenvalue weighted by molar-refractivity contribution is 7.93. The van der Waals surface area contributed by atoms with Gasteiger partial charge >= 0.3 is 0 Å². The minimum absolute atomic E-state index is 0.0334. The first kappa shape index (κ1) is 21.4. The Labute approximate surface area is 175 Å². The van der Waals surface area contributed by atoms with E-state index in [4.69, 9.17) is 4.74 Å². The number of methoxy groups -OCH3 is 1. The summed E-state index contributed by atoms with van der Waals surface area (Å²) in [4.78, 5) is 0.148. The maximum absolute atomic E-state index is 13.2. The van der Waals surface area contributed by atoms with Crippen molar-refractivity contribution in [1.29, 1.82) is 0 Å². The van der Waals surface area contributed by atoms with E-state index >= 15 is 0 Å². The number of benzene rings is 2. The van der Waals surface area contributed by atoms with Gasteiger partial charge in [-0.3, -0.25) is 4.72 Å². The summed E-state index contributed by atoms with van der Waals surface area (Å²) in [6.45, 7) is 5.16. The lowest BCUT2D eigenvalue weighted by atomic mass is 10.1. The number of thiophene rings is 1. The predicted octanol–water partition coefficient (Wildman–Crippen LogP) is 4.32. The summed E-state index contributed by atoms with van der Waals surface area (Å²) in [5.74, 6) is 0.599. The summed E-state index contributed by atoms with van der Waals surface area (Å²) in [7, 11) is -6.35. The van der Waals surface area contributed by atoms with Crippen molar-refractivity contribution in [2.24, 2.45) is 0 Å². The van der Waals surface area contributed by atoms with E-state index in [0.717, 1.165) is 11.3 Å². The number of hydrogen-bond donors (Lipinski definition) is 1. The Morgan fingerprint density at radius 1 is 0.931 bits per heavy atom. The molecule has 0 aliphatic carbocycles. The Morgan fingerprint density at radius 2 is 1.59 bits per heavy atom. The standard InChI is InChI=1S/C20H21NO5S3/c1-13-10-18(26-4)14(2)15(3)20(13)29(24,25)21-17-11-27-12-19(17)28(22,23)16-8-6-5-7-9-16/h5-12,21H,1-4H3. The summed E-state index contributed by atoms with van der Waals surface area (Å²) >= 11 is 1.12. The van der Waals surface area contributed by atoms with E-state index in [0.29, 0.717) is 22.4 Å². The summed E-state index contributed by atoms with van der Waals surface area (Å²) < 4.78 is 60.0. The van der Waals surface area contributed by atoms with Crippen LogP contribution in [0.4, 0.5) is 5.69 Å². The normalized spacial score (nSPS) is 12.0. The number of rotatable bonds is 6. The molecule has 0 spiro atoms. The zero-order chi connectivity index (χ0) is 21.4. The number of anilines is 1. The van der Waals surface area contributed by atoms with Gasteiger partial charge in [0, 0.05) is 10.8 Å². The minimum Gasteiger partial charge on any atom is -0.496 e. The third-order valence-electron chi connectivity index (χ3n) is 4.68. The van der Waals surface area contributed by atoms with Gasteiger partial charge in [-0.2, -0.15) is 0 Å². The van der Waals surface area contributed by atoms with Crippen LogP contribution in [0.1, 0.15) is 16.7 Å². The fourth-order valence-electron chi connectivity index (χ4n) is 3.14. The van der Waals surface area contributed by atoms with Gasteiger partial charge < -0.3 is 4.74 Å². The lowest BCUT2D eigenvalue weighted by Gasteiger charge is -2.17. The quantitative estimate of drug-likeness (QED) is 0.603. The first-order valence-corrected chi connectivity index (χ1v) is 12.5. The van der Waals surface area contributed by atoms with Crippen molar-refractivity contribution in [2.45, 2.75) is 35.5 Å². The van der Waals surface area contributed by atoms with Crippen molar-refractivity contribution >= 4 is 36.9 Å². The molecule has 0 fully saturated rings. The molecule has 6 nitrogen and oxygen atoms in total. The smallest absolute Gasteiger partial charge is 0.262 e. The predicted molar refractivity (Wildman–Crippen MR) is 114 cm³/mol. The molecule has 1 N–H and O–H groups in total. The Morgan fingerprint density at radius 3 is 2.21 bits per heavy atom. The van der Waals surface area contributed by atoms with Crippen molar-refractivity contribution in [3.8, 4) is 5.75 Å². The van der Waals surface area contributed by atoms with Gasteiger partial charge in [-0.15, -0.1) is 11.3 Å². The highest BCUT2D eigenvalue weighted by Gasteiger charge is 2.28. The zero-order valence-electron chi connectivity index (χ0n) is 16.4. The lowest BCUT2D eigenvalue weighted by Crippen LogP contribution is -2.17. The topological polar surface area (TPSA) is 89.5 Å². The Bertz CT molecular complexity index is 1260. The number of hydrogen-bond acceptors (Lipinski definition) is 6. The van der Waals surface area contributed by atoms with Crippen molar-refractivity contribution in [1.82, 2.24) is 0 Å². The molecule has 1 aromatic heterocycles. The third-order valence-corrected chi connectivity index (χ3v) is 9.04. The van der Waals surface area contributed by atoms with Gasteiger partial charge in [-0.05, 0) is 55.7 Å². The van der Waals surface area contributed by atoms with Crippen LogP contribution in [0, 0.1) is 20.8 Å². The SMILES string of the molecule is COc1cc(C)c(S(=O)(=O)Nc2cscc2S(=O)(=O)c2ccccc2)c(C)c1C. The number of sulfone groups is 1. The fraction of sp³-hybridized carbons (Fsp3) is 0.200. The second-order valence-electron chi connectivity index (χ2n) is 6.55. The molecule has 29 heavy (non-hydrogen) atoms. The zero-order valence-corrected chi connectivity index (χ0v) is 18.8. The summed E-state index contributed by atoms with van der Waals surface area (Å²) in [5.41, 5.74) is 1.81. The molecule has 9 heteroatoms. The Balaban J connectivity index is 2.08. The molecule has 0 aliphatic rings. The molecule has 0 atom stereocenters. The first-order chi connectivity index (χ1) is 13.6. The van der Waals surface area contributed by atoms with Gasteiger partial charge in [-0.1, -0.05) is 18.2 Å². The van der Waals surface area contributed by atoms with Crippen molar-refractivity contribution in [3.05, 3.63) is 63.8 Å². The molecule has 3 rings (SSSR count). The van der Waals surface area contributed by atoms with E-state index in [1.54, 1.807) is 45.0 Å². The number of aryl methyl sites for hydroxylation is 1. The average molecular weight is 452 g/mol. The van der Waals surface area contributed by atoms with E-state index < -0.39 is 19.9 Å². The average Bonchev–Trinajstić information content (AvgIpc) is 3.13. The molecule has 2 aromatic carbocycles. The van der Waals surface area contributed by atoms with Gasteiger partial charge in [0.05, 0.1) is 22.6 Å². The van der Waals surface area contributed by atoms with Gasteiger partial charge in [0.2, 0.25) is 9.84 Å². The van der Waals surface area contributed by atoms with E-state index in [-0.39, 0.29) is 20.4 Å². The largest absolute Gasteiger partial charge is 0.496 e. The third kappa shape index (κ3) is 3.90. The van der Waals surface area contributed by atoms with Crippen LogP contribution in [0.25, 0.3) is 0 Å². The van der Waals surface area contributed by atoms with Crippen LogP contribution in [0.5, 0.6) is 5.75 Å². The summed E-state index contributed by atoms with van der Waals surface area (Å²) in [6.07, 6.45) is 0. The molecule has 0 bridgehead atoms. The van der Waals surface area contributed by atoms with E-state index in [2.05, 4.69) is 4.72 Å². The van der Waals surface area contributed by atoms with Gasteiger partial charge in [0.1, 0.15) is 10.6 Å². The van der Waals surface area contributed by atoms with E-state index in [1.807, 2.05) is 0 Å². The van der Waals surface area contributed by atoms with Crippen LogP contribution in [0.3, 0.4) is 0 Å². The second kappa shape index (κ2) is 7.81. The van der Waals surface area contributed by atoms with Crippen molar-refractivity contribution in [2.75, 3.05) is 11.8 Å². The monoisotopic (exact) mass is 451 g/mol. The lowest BCUT2D eigenvalue weighted by molar-refractivity contribution is 0.410. The van der Waals surface area contributed by atoms with Crippen molar-refractivity contribution < 1.29 is 21.6 Å². The first-order valence-electron chi connectivity index (χ1n) is 8.63. The summed E-state index contributed by atoms with van der Waals surface area (Å²) in [5, 5.41) is 2.91. The maximum Gasteiger partial charge on any atom is 0.262 e. The number of ether oxygens (including phenoxy) is 1. The maximum atomic E-state index is 13.2. The molecule has 1 heterocycles. The summed E-state index contributed by atoms with van der Waals surface area (Å²) in [6, 6.07) is 9.57. The van der Waals surface area contributed by atoms with Crippen LogP contribution >= 0.6 is 11.3 Å². The van der Waals surface area contributed by atoms with Gasteiger partial charge in [-0.25, -0.2) is 16.8 Å². The highest BCUT2D eigenvalue weighted by atomic mass is 32.2. The van der Waals surface area contributed by atoms with Crippen LogP contribution in [0.2, 0.25) is 0 Å². The fourth-order valence-corrected chi connectivity index (χ4v) is 7.43. The van der Waals surface area contributed by atoms with Gasteiger partial charge in [0.15, 0.2) is 0 Å². The van der Waals surface area contributed by atoms with E-state index in [9.17, 15) is 16.8 Å². The van der Waals surface area contributed by atoms with Gasteiger partial charge in [0.25, 0.3) is 10.0 Å². The molecule has 0 saturated heterocycles. The number of sulfonamides is 1. The Hall–Kier alpha value is -2.36. The Kier molecular flexibility index (Phi) is 5.75. The minimum atomic E-state index is -4.02. The van der Waals surface area contributed by atoms with Crippen LogP contribution < -0.4 is 9.46 Å². The molecular weight excluding hydrogens is 430 g/mol.